The first kappa shape index (κ1) is 22.7. The van der Waals surface area contributed by atoms with Gasteiger partial charge in [-0.3, -0.25) is 9.36 Å². The molecule has 5 aromatic rings. The third-order valence-electron chi connectivity index (χ3n) is 5.37. The minimum absolute atomic E-state index is 0.00337. The lowest BCUT2D eigenvalue weighted by molar-refractivity contribution is 0.0462. The van der Waals surface area contributed by atoms with Crippen LogP contribution in [0.5, 0.6) is 0 Å². The third-order valence-corrected chi connectivity index (χ3v) is 5.37. The molecule has 2 aromatic heterocycles. The van der Waals surface area contributed by atoms with Crippen LogP contribution in [0.2, 0.25) is 0 Å². The molecule has 178 valence electrons. The number of ether oxygens (including phenoxy) is 1. The highest BCUT2D eigenvalue weighted by Gasteiger charge is 2.13. The lowest BCUT2D eigenvalue weighted by atomic mass is 10.2. The number of nitrogens with zero attached hydrogens (tertiary/aromatic N) is 5. The van der Waals surface area contributed by atoms with E-state index in [1.54, 1.807) is 49.4 Å². The van der Waals surface area contributed by atoms with Crippen LogP contribution in [0.4, 0.5) is 17.6 Å². The molecule has 0 aliphatic heterocycles. The van der Waals surface area contributed by atoms with E-state index in [1.807, 2.05) is 36.4 Å². The molecule has 0 atom stereocenters. The zero-order valence-electron chi connectivity index (χ0n) is 19.3. The van der Waals surface area contributed by atoms with Crippen LogP contribution in [-0.4, -0.2) is 30.5 Å². The van der Waals surface area contributed by atoms with E-state index in [0.29, 0.717) is 28.0 Å². The number of nitrogens with one attached hydrogen (secondary N) is 1. The number of carbonyl (C=O) groups is 1. The second-order valence-corrected chi connectivity index (χ2v) is 7.86. The Kier molecular flexibility index (Phi) is 6.06. The fourth-order valence-electron chi connectivity index (χ4n) is 3.72. The summed E-state index contributed by atoms with van der Waals surface area (Å²) in [6.07, 6.45) is 0. The van der Waals surface area contributed by atoms with Crippen LogP contribution < -0.4 is 16.6 Å². The Hall–Kier alpha value is -5.12. The van der Waals surface area contributed by atoms with E-state index in [9.17, 15) is 9.59 Å². The van der Waals surface area contributed by atoms with Gasteiger partial charge in [-0.25, -0.2) is 9.78 Å². The van der Waals surface area contributed by atoms with E-state index in [4.69, 9.17) is 10.5 Å². The van der Waals surface area contributed by atoms with Gasteiger partial charge in [0, 0.05) is 5.69 Å². The molecule has 10 heteroatoms. The van der Waals surface area contributed by atoms with Crippen LogP contribution in [0.15, 0.2) is 83.7 Å². The summed E-state index contributed by atoms with van der Waals surface area (Å²) in [5.41, 5.74) is 7.92. The molecular weight excluding hydrogens is 458 g/mol. The number of hydrogen-bond acceptors (Lipinski definition) is 9. The quantitative estimate of drug-likeness (QED) is 0.350. The van der Waals surface area contributed by atoms with Crippen molar-refractivity contribution in [2.24, 2.45) is 0 Å². The third kappa shape index (κ3) is 4.73. The maximum absolute atomic E-state index is 13.0. The van der Waals surface area contributed by atoms with Gasteiger partial charge in [-0.1, -0.05) is 30.3 Å². The first-order chi connectivity index (χ1) is 17.5. The first-order valence-corrected chi connectivity index (χ1v) is 11.1. The first-order valence-electron chi connectivity index (χ1n) is 11.1. The number of nitrogens with two attached hydrogens (primary N) is 1. The Morgan fingerprint density at radius 3 is 2.42 bits per heavy atom. The van der Waals surface area contributed by atoms with Crippen molar-refractivity contribution in [2.45, 2.75) is 13.5 Å². The average Bonchev–Trinajstić information content (AvgIpc) is 2.88. The number of esters is 1. The summed E-state index contributed by atoms with van der Waals surface area (Å²) in [5.74, 6) is 0.424. The Labute approximate surface area is 205 Å². The standard InChI is InChI=1S/C26H21N7O3/c1-16-28-21-10-6-5-9-20(21)23(34)33(16)19-13-11-17(12-14-19)24(35)36-15-22-30-25(27)32-26(31-22)29-18-7-3-2-4-8-18/h2-14H,15H2,1H3,(H3,27,29,30,31,32). The van der Waals surface area contributed by atoms with E-state index in [-0.39, 0.29) is 29.9 Å². The normalized spacial score (nSPS) is 10.8. The Balaban J connectivity index is 1.30. The van der Waals surface area contributed by atoms with Crippen molar-refractivity contribution in [1.82, 2.24) is 24.5 Å². The minimum Gasteiger partial charge on any atom is -0.454 e. The number of benzene rings is 3. The van der Waals surface area contributed by atoms with Gasteiger partial charge in [0.1, 0.15) is 5.82 Å². The summed E-state index contributed by atoms with van der Waals surface area (Å²) in [7, 11) is 0. The number of rotatable bonds is 6. The molecule has 0 unspecified atom stereocenters. The second kappa shape index (κ2) is 9.63. The van der Waals surface area contributed by atoms with Crippen LogP contribution >= 0.6 is 0 Å². The molecule has 0 saturated carbocycles. The Morgan fingerprint density at radius 2 is 1.64 bits per heavy atom. The number of carbonyl (C=O) groups excluding carboxylic acids is 1. The monoisotopic (exact) mass is 479 g/mol. The van der Waals surface area contributed by atoms with Gasteiger partial charge in [0.25, 0.3) is 5.56 Å². The number of fused-ring (bicyclic) bond motifs is 1. The smallest absolute Gasteiger partial charge is 0.338 e. The zero-order chi connectivity index (χ0) is 25.1. The van der Waals surface area contributed by atoms with Gasteiger partial charge < -0.3 is 15.8 Å². The predicted octanol–water partition coefficient (Wildman–Crippen LogP) is 3.56. The summed E-state index contributed by atoms with van der Waals surface area (Å²) in [4.78, 5) is 42.5. The lowest BCUT2D eigenvalue weighted by Gasteiger charge is -2.11. The molecule has 0 radical (unpaired) electrons. The van der Waals surface area contributed by atoms with Gasteiger partial charge in [-0.05, 0) is 55.5 Å². The maximum atomic E-state index is 13.0. The van der Waals surface area contributed by atoms with E-state index in [2.05, 4.69) is 25.3 Å². The molecule has 3 N–H and O–H groups in total. The molecule has 0 bridgehead atoms. The molecule has 2 heterocycles. The van der Waals surface area contributed by atoms with Crippen molar-refractivity contribution >= 4 is 34.5 Å². The molecule has 10 nitrogen and oxygen atoms in total. The molecule has 0 aliphatic carbocycles. The van der Waals surface area contributed by atoms with Gasteiger partial charge >= 0.3 is 5.97 Å². The maximum Gasteiger partial charge on any atom is 0.338 e. The number of aryl methyl sites for hydroxylation is 1. The number of aromatic nitrogens is 5. The second-order valence-electron chi connectivity index (χ2n) is 7.86. The van der Waals surface area contributed by atoms with Crippen molar-refractivity contribution in [3.8, 4) is 5.69 Å². The van der Waals surface area contributed by atoms with Crippen LogP contribution in [-0.2, 0) is 11.3 Å². The summed E-state index contributed by atoms with van der Waals surface area (Å²) in [6, 6.07) is 23.0. The molecule has 36 heavy (non-hydrogen) atoms. The van der Waals surface area contributed by atoms with E-state index in [0.717, 1.165) is 5.69 Å². The van der Waals surface area contributed by atoms with Crippen LogP contribution in [0.25, 0.3) is 16.6 Å². The van der Waals surface area contributed by atoms with Crippen molar-refractivity contribution in [3.63, 3.8) is 0 Å². The van der Waals surface area contributed by atoms with Crippen molar-refractivity contribution in [1.29, 1.82) is 0 Å². The van der Waals surface area contributed by atoms with Gasteiger partial charge in [-0.15, -0.1) is 0 Å². The minimum atomic E-state index is -0.571. The molecule has 0 amide bonds. The fraction of sp³-hybridized carbons (Fsp3) is 0.0769. The summed E-state index contributed by atoms with van der Waals surface area (Å²) in [5, 5.41) is 3.55. The van der Waals surface area contributed by atoms with E-state index >= 15 is 0 Å². The van der Waals surface area contributed by atoms with Crippen LogP contribution in [0.3, 0.4) is 0 Å². The highest BCUT2D eigenvalue weighted by molar-refractivity contribution is 5.89. The molecule has 5 rings (SSSR count). The predicted molar refractivity (Wildman–Crippen MR) is 135 cm³/mol. The summed E-state index contributed by atoms with van der Waals surface area (Å²) >= 11 is 0. The number of anilines is 3. The van der Waals surface area contributed by atoms with Crippen molar-refractivity contribution in [2.75, 3.05) is 11.1 Å². The highest BCUT2D eigenvalue weighted by Crippen LogP contribution is 2.16. The molecule has 0 spiro atoms. The van der Waals surface area contributed by atoms with Gasteiger partial charge in [0.05, 0.1) is 22.2 Å². The van der Waals surface area contributed by atoms with Crippen LogP contribution in [0, 0.1) is 6.92 Å². The number of para-hydroxylation sites is 2. The fourth-order valence-corrected chi connectivity index (χ4v) is 3.72. The van der Waals surface area contributed by atoms with E-state index in [1.165, 1.54) is 4.57 Å². The number of hydrogen-bond donors (Lipinski definition) is 2. The average molecular weight is 480 g/mol. The van der Waals surface area contributed by atoms with Gasteiger partial charge in [-0.2, -0.15) is 15.0 Å². The Bertz CT molecular complexity index is 1620. The SMILES string of the molecule is Cc1nc2ccccc2c(=O)n1-c1ccc(C(=O)OCc2nc(N)nc(Nc3ccccc3)n2)cc1. The molecule has 0 fully saturated rings. The lowest BCUT2D eigenvalue weighted by Crippen LogP contribution is -2.22. The Morgan fingerprint density at radius 1 is 0.917 bits per heavy atom. The number of nitrogen functional groups attached to an aromatic ring is 1. The van der Waals surface area contributed by atoms with Crippen molar-refractivity contribution < 1.29 is 9.53 Å². The van der Waals surface area contributed by atoms with Crippen LogP contribution in [0.1, 0.15) is 22.0 Å². The zero-order valence-corrected chi connectivity index (χ0v) is 19.3. The topological polar surface area (TPSA) is 138 Å². The largest absolute Gasteiger partial charge is 0.454 e. The van der Waals surface area contributed by atoms with Gasteiger partial charge in [0.2, 0.25) is 11.9 Å². The molecule has 0 aliphatic rings. The molecular formula is C26H21N7O3. The van der Waals surface area contributed by atoms with Crippen molar-refractivity contribution in [3.05, 3.63) is 106 Å². The van der Waals surface area contributed by atoms with Gasteiger partial charge in [0.15, 0.2) is 12.4 Å². The summed E-state index contributed by atoms with van der Waals surface area (Å²) < 4.78 is 6.88. The highest BCUT2D eigenvalue weighted by atomic mass is 16.5. The molecule has 3 aromatic carbocycles. The molecule has 0 saturated heterocycles. The van der Waals surface area contributed by atoms with E-state index < -0.39 is 5.97 Å². The summed E-state index contributed by atoms with van der Waals surface area (Å²) in [6.45, 7) is 1.57.